The van der Waals surface area contributed by atoms with Gasteiger partial charge < -0.3 is 4.90 Å². The van der Waals surface area contributed by atoms with E-state index in [9.17, 15) is 0 Å². The Kier molecular flexibility index (Phi) is 3.28. The summed E-state index contributed by atoms with van der Waals surface area (Å²) in [5, 5.41) is 12.9. The van der Waals surface area contributed by atoms with Gasteiger partial charge in [0, 0.05) is 32.1 Å². The van der Waals surface area contributed by atoms with Crippen LogP contribution < -0.4 is 4.90 Å². The molecule has 2 aromatic rings. The summed E-state index contributed by atoms with van der Waals surface area (Å²) < 4.78 is 1.78. The Balaban J connectivity index is 2.20. The van der Waals surface area contributed by atoms with Gasteiger partial charge >= 0.3 is 0 Å². The average molecular weight is 241 g/mol. The van der Waals surface area contributed by atoms with Crippen molar-refractivity contribution in [3.8, 4) is 6.07 Å². The average Bonchev–Trinajstić information content (AvgIpc) is 2.84. The summed E-state index contributed by atoms with van der Waals surface area (Å²) in [6.45, 7) is 2.09. The first-order chi connectivity index (χ1) is 8.61. The molecule has 5 nitrogen and oxygen atoms in total. The third-order valence-electron chi connectivity index (χ3n) is 3.03. The van der Waals surface area contributed by atoms with E-state index in [1.165, 1.54) is 0 Å². The van der Waals surface area contributed by atoms with Crippen molar-refractivity contribution >= 4 is 5.82 Å². The summed E-state index contributed by atoms with van der Waals surface area (Å²) in [5.41, 5.74) is 1.70. The molecule has 18 heavy (non-hydrogen) atoms. The fourth-order valence-electron chi connectivity index (χ4n) is 1.74. The molecule has 5 heteroatoms. The number of hydrogen-bond acceptors (Lipinski definition) is 4. The van der Waals surface area contributed by atoms with Crippen LogP contribution in [-0.4, -0.2) is 21.8 Å². The SMILES string of the molecule is C[C@@H](c1cnn(C)c1)N(C)c1ccc(C#N)cn1. The van der Waals surface area contributed by atoms with Crippen molar-refractivity contribution in [2.45, 2.75) is 13.0 Å². The quantitative estimate of drug-likeness (QED) is 0.823. The van der Waals surface area contributed by atoms with E-state index in [4.69, 9.17) is 5.26 Å². The smallest absolute Gasteiger partial charge is 0.128 e. The van der Waals surface area contributed by atoms with Crippen LogP contribution in [0.3, 0.4) is 0 Å². The van der Waals surface area contributed by atoms with Crippen molar-refractivity contribution in [1.82, 2.24) is 14.8 Å². The van der Waals surface area contributed by atoms with Crippen molar-refractivity contribution in [3.05, 3.63) is 41.9 Å². The molecule has 0 unspecified atom stereocenters. The molecule has 0 saturated carbocycles. The van der Waals surface area contributed by atoms with Gasteiger partial charge in [-0.2, -0.15) is 10.4 Å². The molecule has 0 spiro atoms. The standard InChI is InChI=1S/C13H15N5/c1-10(12-8-16-17(2)9-12)18(3)13-5-4-11(6-14)7-15-13/h4-5,7-10H,1-3H3/t10-/m0/s1. The van der Waals surface area contributed by atoms with Crippen molar-refractivity contribution in [3.63, 3.8) is 0 Å². The van der Waals surface area contributed by atoms with Gasteiger partial charge in [-0.25, -0.2) is 4.98 Å². The first kappa shape index (κ1) is 12.1. The summed E-state index contributed by atoms with van der Waals surface area (Å²) in [6, 6.07) is 5.87. The fraction of sp³-hybridized carbons (Fsp3) is 0.308. The highest BCUT2D eigenvalue weighted by molar-refractivity contribution is 5.43. The molecule has 0 saturated heterocycles. The number of pyridine rings is 1. The van der Waals surface area contributed by atoms with Crippen LogP contribution in [0.4, 0.5) is 5.82 Å². The Morgan fingerprint density at radius 2 is 2.17 bits per heavy atom. The van der Waals surface area contributed by atoms with Crippen LogP contribution in [0.15, 0.2) is 30.7 Å². The van der Waals surface area contributed by atoms with Crippen molar-refractivity contribution in [1.29, 1.82) is 5.26 Å². The highest BCUT2D eigenvalue weighted by Gasteiger charge is 2.14. The Hall–Kier alpha value is -2.35. The second-order valence-corrected chi connectivity index (χ2v) is 4.25. The third-order valence-corrected chi connectivity index (χ3v) is 3.03. The van der Waals surface area contributed by atoms with Crippen molar-refractivity contribution in [2.75, 3.05) is 11.9 Å². The molecule has 92 valence electrons. The van der Waals surface area contributed by atoms with Crippen LogP contribution >= 0.6 is 0 Å². The van der Waals surface area contributed by atoms with E-state index in [1.54, 1.807) is 16.9 Å². The van der Waals surface area contributed by atoms with Gasteiger partial charge in [0.2, 0.25) is 0 Å². The Morgan fingerprint density at radius 1 is 1.39 bits per heavy atom. The summed E-state index contributed by atoms with van der Waals surface area (Å²) in [5.74, 6) is 0.838. The molecule has 2 rings (SSSR count). The Bertz CT molecular complexity index is 564. The first-order valence-corrected chi connectivity index (χ1v) is 5.69. The van der Waals surface area contributed by atoms with Gasteiger partial charge in [0.25, 0.3) is 0 Å². The minimum absolute atomic E-state index is 0.180. The number of nitriles is 1. The molecule has 0 amide bonds. The van der Waals surface area contributed by atoms with Gasteiger partial charge in [-0.1, -0.05) is 0 Å². The lowest BCUT2D eigenvalue weighted by atomic mass is 10.1. The second-order valence-electron chi connectivity index (χ2n) is 4.25. The summed E-state index contributed by atoms with van der Waals surface area (Å²) in [7, 11) is 3.88. The maximum Gasteiger partial charge on any atom is 0.128 e. The number of aryl methyl sites for hydroxylation is 1. The topological polar surface area (TPSA) is 57.7 Å². The Morgan fingerprint density at radius 3 is 2.67 bits per heavy atom. The molecule has 0 aromatic carbocycles. The zero-order valence-electron chi connectivity index (χ0n) is 10.7. The number of rotatable bonds is 3. The maximum atomic E-state index is 8.74. The lowest BCUT2D eigenvalue weighted by molar-refractivity contribution is 0.724. The van der Waals surface area contributed by atoms with Crippen LogP contribution in [0.5, 0.6) is 0 Å². The van der Waals surface area contributed by atoms with E-state index >= 15 is 0 Å². The molecule has 0 aliphatic heterocycles. The molecular formula is C13H15N5. The maximum absolute atomic E-state index is 8.74. The van der Waals surface area contributed by atoms with E-state index in [2.05, 4.69) is 28.0 Å². The number of hydrogen-bond donors (Lipinski definition) is 0. The van der Waals surface area contributed by atoms with E-state index in [-0.39, 0.29) is 6.04 Å². The predicted molar refractivity (Wildman–Crippen MR) is 69.0 cm³/mol. The normalized spacial score (nSPS) is 11.9. The van der Waals surface area contributed by atoms with E-state index in [0.29, 0.717) is 5.56 Å². The minimum atomic E-state index is 0.180. The van der Waals surface area contributed by atoms with E-state index in [0.717, 1.165) is 11.4 Å². The minimum Gasteiger partial charge on any atom is -0.353 e. The van der Waals surface area contributed by atoms with Gasteiger partial charge in [0.1, 0.15) is 11.9 Å². The number of aromatic nitrogens is 3. The van der Waals surface area contributed by atoms with E-state index < -0.39 is 0 Å². The highest BCUT2D eigenvalue weighted by atomic mass is 15.3. The third kappa shape index (κ3) is 2.33. The largest absolute Gasteiger partial charge is 0.353 e. The molecular weight excluding hydrogens is 226 g/mol. The van der Waals surface area contributed by atoms with Gasteiger partial charge in [0.05, 0.1) is 17.8 Å². The molecule has 0 aliphatic carbocycles. The Labute approximate surface area is 106 Å². The predicted octanol–water partition coefficient (Wildman–Crippen LogP) is 1.88. The zero-order valence-corrected chi connectivity index (χ0v) is 10.7. The van der Waals surface area contributed by atoms with Crippen LogP contribution in [0, 0.1) is 11.3 Å². The molecule has 0 radical (unpaired) electrons. The van der Waals surface area contributed by atoms with Gasteiger partial charge in [0.15, 0.2) is 0 Å². The monoisotopic (exact) mass is 241 g/mol. The molecule has 2 aromatic heterocycles. The fourth-order valence-corrected chi connectivity index (χ4v) is 1.74. The summed E-state index contributed by atoms with van der Waals surface area (Å²) >= 11 is 0. The van der Waals surface area contributed by atoms with Crippen LogP contribution in [0.25, 0.3) is 0 Å². The molecule has 0 bridgehead atoms. The number of anilines is 1. The van der Waals surface area contributed by atoms with Crippen LogP contribution in [-0.2, 0) is 7.05 Å². The lowest BCUT2D eigenvalue weighted by Gasteiger charge is -2.25. The highest BCUT2D eigenvalue weighted by Crippen LogP contribution is 2.22. The molecule has 2 heterocycles. The van der Waals surface area contributed by atoms with Gasteiger partial charge in [-0.3, -0.25) is 4.68 Å². The van der Waals surface area contributed by atoms with Crippen molar-refractivity contribution in [2.24, 2.45) is 7.05 Å². The van der Waals surface area contributed by atoms with Gasteiger partial charge in [-0.15, -0.1) is 0 Å². The van der Waals surface area contributed by atoms with Gasteiger partial charge in [-0.05, 0) is 19.1 Å². The zero-order chi connectivity index (χ0) is 13.1. The van der Waals surface area contributed by atoms with E-state index in [1.807, 2.05) is 32.6 Å². The summed E-state index contributed by atoms with van der Waals surface area (Å²) in [6.07, 6.45) is 5.43. The lowest BCUT2D eigenvalue weighted by Crippen LogP contribution is -2.22. The van der Waals surface area contributed by atoms with Crippen LogP contribution in [0.1, 0.15) is 24.1 Å². The summed E-state index contributed by atoms with van der Waals surface area (Å²) in [4.78, 5) is 6.33. The molecule has 1 atom stereocenters. The second kappa shape index (κ2) is 4.88. The molecule has 0 aliphatic rings. The first-order valence-electron chi connectivity index (χ1n) is 5.69. The number of nitrogens with zero attached hydrogens (tertiary/aromatic N) is 5. The van der Waals surface area contributed by atoms with Crippen LogP contribution in [0.2, 0.25) is 0 Å². The molecule has 0 fully saturated rings. The molecule has 0 N–H and O–H groups in total. The van der Waals surface area contributed by atoms with Crippen molar-refractivity contribution < 1.29 is 0 Å².